The van der Waals surface area contributed by atoms with Crippen molar-refractivity contribution in [3.63, 3.8) is 0 Å². The summed E-state index contributed by atoms with van der Waals surface area (Å²) in [7, 11) is 1.61. The average Bonchev–Trinajstić information content (AvgIpc) is 2.38. The van der Waals surface area contributed by atoms with Crippen LogP contribution in [0.5, 0.6) is 5.75 Å². The van der Waals surface area contributed by atoms with Crippen LogP contribution in [0.1, 0.15) is 24.5 Å². The molecule has 3 N–H and O–H groups in total. The van der Waals surface area contributed by atoms with Crippen LogP contribution in [-0.4, -0.2) is 24.2 Å². The van der Waals surface area contributed by atoms with Gasteiger partial charge in [0.1, 0.15) is 11.8 Å². The van der Waals surface area contributed by atoms with E-state index < -0.39 is 12.0 Å². The molecule has 0 bridgehead atoms. The first-order valence-corrected chi connectivity index (χ1v) is 5.90. The minimum Gasteiger partial charge on any atom is -0.496 e. The lowest BCUT2D eigenvalue weighted by Gasteiger charge is -2.07. The van der Waals surface area contributed by atoms with Gasteiger partial charge in [-0.25, -0.2) is 0 Å². The molecule has 0 fully saturated rings. The number of benzene rings is 1. The van der Waals surface area contributed by atoms with Gasteiger partial charge < -0.3 is 15.6 Å². The molecule has 0 aliphatic carbocycles. The Morgan fingerprint density at radius 3 is 2.83 bits per heavy atom. The number of hydrogen-bond acceptors (Lipinski definition) is 3. The van der Waals surface area contributed by atoms with Crippen LogP contribution in [-0.2, 0) is 11.2 Å². The molecular formula is C14H19NO3. The Morgan fingerprint density at radius 2 is 2.28 bits per heavy atom. The van der Waals surface area contributed by atoms with Crippen LogP contribution >= 0.6 is 0 Å². The van der Waals surface area contributed by atoms with Crippen molar-refractivity contribution in [2.75, 3.05) is 7.11 Å². The fourth-order valence-corrected chi connectivity index (χ4v) is 1.58. The SMILES string of the molecule is CCc1ccc(OC)c(/C=C/CC(N)C(=O)O)c1. The lowest BCUT2D eigenvalue weighted by Crippen LogP contribution is -2.29. The van der Waals surface area contributed by atoms with E-state index in [0.29, 0.717) is 6.42 Å². The number of aryl methyl sites for hydroxylation is 1. The van der Waals surface area contributed by atoms with Gasteiger partial charge in [0, 0.05) is 5.56 Å². The summed E-state index contributed by atoms with van der Waals surface area (Å²) in [5, 5.41) is 8.68. The topological polar surface area (TPSA) is 72.5 Å². The molecule has 0 saturated carbocycles. The maximum atomic E-state index is 10.6. The molecule has 0 aliphatic rings. The molecule has 4 nitrogen and oxygen atoms in total. The molecule has 1 unspecified atom stereocenters. The standard InChI is InChI=1S/C14H19NO3/c1-3-10-7-8-13(18-2)11(9-10)5-4-6-12(15)14(16)17/h4-5,7-9,12H,3,6,15H2,1-2H3,(H,16,17)/b5-4+. The van der Waals surface area contributed by atoms with Crippen LogP contribution < -0.4 is 10.5 Å². The second-order valence-corrected chi connectivity index (χ2v) is 4.01. The molecule has 98 valence electrons. The van der Waals surface area contributed by atoms with Gasteiger partial charge in [-0.1, -0.05) is 25.1 Å². The number of hydrogen-bond donors (Lipinski definition) is 2. The Labute approximate surface area is 107 Å². The molecule has 1 atom stereocenters. The molecule has 0 saturated heterocycles. The van der Waals surface area contributed by atoms with E-state index in [1.54, 1.807) is 13.2 Å². The van der Waals surface area contributed by atoms with Crippen molar-refractivity contribution in [3.05, 3.63) is 35.4 Å². The third-order valence-corrected chi connectivity index (χ3v) is 2.71. The van der Waals surface area contributed by atoms with Crippen LogP contribution in [0.25, 0.3) is 6.08 Å². The number of nitrogens with two attached hydrogens (primary N) is 1. The zero-order chi connectivity index (χ0) is 13.5. The summed E-state index contributed by atoms with van der Waals surface area (Å²) in [6.45, 7) is 2.08. The number of carboxylic acid groups (broad SMARTS) is 1. The predicted octanol–water partition coefficient (Wildman–Crippen LogP) is 2.07. The van der Waals surface area contributed by atoms with Crippen molar-refractivity contribution in [3.8, 4) is 5.75 Å². The first kappa shape index (κ1) is 14.3. The Bertz CT molecular complexity index is 441. The monoisotopic (exact) mass is 249 g/mol. The second-order valence-electron chi connectivity index (χ2n) is 4.01. The van der Waals surface area contributed by atoms with Gasteiger partial charge in [-0.2, -0.15) is 0 Å². The van der Waals surface area contributed by atoms with Crippen LogP contribution in [0.15, 0.2) is 24.3 Å². The fourth-order valence-electron chi connectivity index (χ4n) is 1.58. The van der Waals surface area contributed by atoms with Gasteiger partial charge in [0.05, 0.1) is 7.11 Å². The molecule has 18 heavy (non-hydrogen) atoms. The minimum atomic E-state index is -0.992. The van der Waals surface area contributed by atoms with Crippen molar-refractivity contribution in [1.82, 2.24) is 0 Å². The largest absolute Gasteiger partial charge is 0.496 e. The highest BCUT2D eigenvalue weighted by atomic mass is 16.5. The molecule has 0 aromatic heterocycles. The zero-order valence-corrected chi connectivity index (χ0v) is 10.7. The van der Waals surface area contributed by atoms with Crippen molar-refractivity contribution in [2.24, 2.45) is 5.73 Å². The van der Waals surface area contributed by atoms with E-state index in [4.69, 9.17) is 15.6 Å². The van der Waals surface area contributed by atoms with Gasteiger partial charge >= 0.3 is 5.97 Å². The first-order chi connectivity index (χ1) is 8.58. The van der Waals surface area contributed by atoms with E-state index in [1.165, 1.54) is 5.56 Å². The van der Waals surface area contributed by atoms with Crippen molar-refractivity contribution >= 4 is 12.0 Å². The summed E-state index contributed by atoms with van der Waals surface area (Å²) < 4.78 is 5.25. The van der Waals surface area contributed by atoms with Crippen LogP contribution in [0.2, 0.25) is 0 Å². The molecule has 4 heteroatoms. The Hall–Kier alpha value is -1.81. The highest BCUT2D eigenvalue weighted by molar-refractivity contribution is 5.73. The van der Waals surface area contributed by atoms with E-state index in [1.807, 2.05) is 24.3 Å². The van der Waals surface area contributed by atoms with Crippen LogP contribution in [0, 0.1) is 0 Å². The minimum absolute atomic E-state index is 0.300. The molecule has 0 spiro atoms. The molecule has 1 aromatic rings. The molecule has 0 aliphatic heterocycles. The summed E-state index contributed by atoms with van der Waals surface area (Å²) in [6.07, 6.45) is 4.85. The first-order valence-electron chi connectivity index (χ1n) is 5.90. The Kier molecular flexibility index (Phi) is 5.39. The molecule has 1 rings (SSSR count). The third-order valence-electron chi connectivity index (χ3n) is 2.71. The van der Waals surface area contributed by atoms with Gasteiger partial charge in [-0.15, -0.1) is 0 Å². The lowest BCUT2D eigenvalue weighted by molar-refractivity contribution is -0.138. The maximum Gasteiger partial charge on any atom is 0.320 e. The molecule has 1 aromatic carbocycles. The Balaban J connectivity index is 2.81. The number of aliphatic carboxylic acids is 1. The van der Waals surface area contributed by atoms with E-state index in [9.17, 15) is 4.79 Å². The maximum absolute atomic E-state index is 10.6. The van der Waals surface area contributed by atoms with E-state index in [2.05, 4.69) is 6.92 Å². The van der Waals surface area contributed by atoms with Crippen molar-refractivity contribution in [2.45, 2.75) is 25.8 Å². The summed E-state index contributed by atoms with van der Waals surface area (Å²) in [4.78, 5) is 10.6. The highest BCUT2D eigenvalue weighted by Crippen LogP contribution is 2.21. The predicted molar refractivity (Wildman–Crippen MR) is 71.6 cm³/mol. The molecule has 0 radical (unpaired) electrons. The third kappa shape index (κ3) is 3.89. The summed E-state index contributed by atoms with van der Waals surface area (Å²) in [5.74, 6) is -0.221. The van der Waals surface area contributed by atoms with E-state index >= 15 is 0 Å². The number of carbonyl (C=O) groups is 1. The zero-order valence-electron chi connectivity index (χ0n) is 10.7. The van der Waals surface area contributed by atoms with Crippen LogP contribution in [0.4, 0.5) is 0 Å². The summed E-state index contributed by atoms with van der Waals surface area (Å²) in [5.41, 5.74) is 7.57. The van der Waals surface area contributed by atoms with Gasteiger partial charge in [-0.3, -0.25) is 4.79 Å². The van der Waals surface area contributed by atoms with Gasteiger partial charge in [-0.05, 0) is 30.5 Å². The number of ether oxygens (including phenoxy) is 1. The number of carboxylic acids is 1. The molecule has 0 heterocycles. The number of rotatable bonds is 6. The normalized spacial score (nSPS) is 12.6. The van der Waals surface area contributed by atoms with Crippen molar-refractivity contribution in [1.29, 1.82) is 0 Å². The molecular weight excluding hydrogens is 230 g/mol. The lowest BCUT2D eigenvalue weighted by atomic mass is 10.1. The fraction of sp³-hybridized carbons (Fsp3) is 0.357. The second kappa shape index (κ2) is 6.81. The quantitative estimate of drug-likeness (QED) is 0.809. The molecule has 0 amide bonds. The van der Waals surface area contributed by atoms with E-state index in [-0.39, 0.29) is 0 Å². The van der Waals surface area contributed by atoms with Crippen molar-refractivity contribution < 1.29 is 14.6 Å². The summed E-state index contributed by atoms with van der Waals surface area (Å²) >= 11 is 0. The van der Waals surface area contributed by atoms with Gasteiger partial charge in [0.2, 0.25) is 0 Å². The van der Waals surface area contributed by atoms with E-state index in [0.717, 1.165) is 17.7 Å². The Morgan fingerprint density at radius 1 is 1.56 bits per heavy atom. The summed E-state index contributed by atoms with van der Waals surface area (Å²) in [6, 6.07) is 5.10. The smallest absolute Gasteiger partial charge is 0.320 e. The van der Waals surface area contributed by atoms with Gasteiger partial charge in [0.25, 0.3) is 0 Å². The van der Waals surface area contributed by atoms with Crippen LogP contribution in [0.3, 0.4) is 0 Å². The average molecular weight is 249 g/mol. The van der Waals surface area contributed by atoms with Gasteiger partial charge in [0.15, 0.2) is 0 Å². The highest BCUT2D eigenvalue weighted by Gasteiger charge is 2.08. The number of methoxy groups -OCH3 is 1.